The van der Waals surface area contributed by atoms with Crippen LogP contribution in [0.1, 0.15) is 29.7 Å². The number of nitrogens with zero attached hydrogens (tertiary/aromatic N) is 2. The fraction of sp³-hybridized carbons (Fsp3) is 0.438. The Morgan fingerprint density at radius 2 is 2.12 bits per heavy atom. The first-order chi connectivity index (χ1) is 11.4. The minimum atomic E-state index is -4.42. The van der Waals surface area contributed by atoms with Crippen LogP contribution in [0.4, 0.5) is 19.0 Å². The molecule has 0 bridgehead atoms. The second-order valence-corrected chi connectivity index (χ2v) is 6.94. The molecule has 130 valence electrons. The van der Waals surface area contributed by atoms with Crippen molar-refractivity contribution >= 4 is 29.2 Å². The summed E-state index contributed by atoms with van der Waals surface area (Å²) < 4.78 is 40.7. The van der Waals surface area contributed by atoms with Gasteiger partial charge in [0.25, 0.3) is 0 Å². The van der Waals surface area contributed by atoms with Crippen LogP contribution in [-0.4, -0.2) is 22.6 Å². The lowest BCUT2D eigenvalue weighted by Gasteiger charge is -2.13. The van der Waals surface area contributed by atoms with Crippen LogP contribution < -0.4 is 5.32 Å². The van der Waals surface area contributed by atoms with E-state index in [0.717, 1.165) is 55.0 Å². The van der Waals surface area contributed by atoms with Gasteiger partial charge in [-0.3, -0.25) is 0 Å². The molecule has 3 rings (SSSR count). The molecule has 0 saturated heterocycles. The Balaban J connectivity index is 2.16. The number of aromatic nitrogens is 2. The molecule has 1 aromatic heterocycles. The van der Waals surface area contributed by atoms with Crippen LogP contribution in [0.25, 0.3) is 5.69 Å². The molecular formula is C16H17ClF3N3S. The van der Waals surface area contributed by atoms with Crippen LogP contribution in [0.15, 0.2) is 18.2 Å². The standard InChI is InChI=1S/C16H17ClF3N3S/c1-24-9-13-11-4-2-3-7-21-15(11)23(22-13)14-8-10(16(18,19)20)5-6-12(14)17/h5-6,8,21H,2-4,7,9H2,1H3. The van der Waals surface area contributed by atoms with Gasteiger partial charge in [0.05, 0.1) is 22.0 Å². The molecule has 0 fully saturated rings. The summed E-state index contributed by atoms with van der Waals surface area (Å²) in [5.41, 5.74) is 1.51. The third-order valence-electron chi connectivity index (χ3n) is 4.00. The van der Waals surface area contributed by atoms with Gasteiger partial charge in [-0.1, -0.05) is 11.6 Å². The molecule has 1 N–H and O–H groups in total. The van der Waals surface area contributed by atoms with Crippen molar-refractivity contribution in [3.05, 3.63) is 40.0 Å². The van der Waals surface area contributed by atoms with E-state index < -0.39 is 11.7 Å². The maximum atomic E-state index is 13.1. The van der Waals surface area contributed by atoms with Crippen molar-refractivity contribution in [1.82, 2.24) is 9.78 Å². The van der Waals surface area contributed by atoms with Gasteiger partial charge in [0, 0.05) is 17.9 Å². The number of hydrogen-bond acceptors (Lipinski definition) is 3. The lowest BCUT2D eigenvalue weighted by atomic mass is 10.1. The van der Waals surface area contributed by atoms with Crippen LogP contribution in [0.5, 0.6) is 0 Å². The number of halogens is 4. The number of alkyl halides is 3. The molecular weight excluding hydrogens is 359 g/mol. The molecule has 0 atom stereocenters. The largest absolute Gasteiger partial charge is 0.416 e. The summed E-state index contributed by atoms with van der Waals surface area (Å²) in [6.07, 6.45) is 0.480. The Bertz CT molecular complexity index is 743. The zero-order chi connectivity index (χ0) is 17.3. The van der Waals surface area contributed by atoms with E-state index in [2.05, 4.69) is 10.4 Å². The van der Waals surface area contributed by atoms with E-state index in [-0.39, 0.29) is 10.7 Å². The molecule has 1 aromatic carbocycles. The maximum absolute atomic E-state index is 13.1. The van der Waals surface area contributed by atoms with E-state index in [1.165, 1.54) is 10.7 Å². The number of fused-ring (bicyclic) bond motifs is 1. The zero-order valence-electron chi connectivity index (χ0n) is 13.1. The summed E-state index contributed by atoms with van der Waals surface area (Å²) >= 11 is 7.83. The van der Waals surface area contributed by atoms with Crippen LogP contribution in [0.3, 0.4) is 0 Å². The molecule has 2 aromatic rings. The van der Waals surface area contributed by atoms with Crippen molar-refractivity contribution in [1.29, 1.82) is 0 Å². The predicted molar refractivity (Wildman–Crippen MR) is 92.2 cm³/mol. The second kappa shape index (κ2) is 6.88. The average molecular weight is 376 g/mol. The van der Waals surface area contributed by atoms with Crippen molar-refractivity contribution in [2.24, 2.45) is 0 Å². The maximum Gasteiger partial charge on any atom is 0.416 e. The number of nitrogens with one attached hydrogen (secondary N) is 1. The summed E-state index contributed by atoms with van der Waals surface area (Å²) in [4.78, 5) is 0. The Morgan fingerprint density at radius 3 is 2.83 bits per heavy atom. The first kappa shape index (κ1) is 17.5. The SMILES string of the molecule is CSCc1nn(-c2cc(C(F)(F)F)ccc2Cl)c2c1CCCCN2. The monoisotopic (exact) mass is 375 g/mol. The van der Waals surface area contributed by atoms with E-state index in [0.29, 0.717) is 5.75 Å². The van der Waals surface area contributed by atoms with Gasteiger partial charge in [0.2, 0.25) is 0 Å². The minimum Gasteiger partial charge on any atom is -0.370 e. The van der Waals surface area contributed by atoms with Gasteiger partial charge >= 0.3 is 6.18 Å². The third-order valence-corrected chi connectivity index (χ3v) is 4.88. The average Bonchev–Trinajstić information content (AvgIpc) is 2.71. The van der Waals surface area contributed by atoms with Crippen molar-refractivity contribution < 1.29 is 13.2 Å². The lowest BCUT2D eigenvalue weighted by Crippen LogP contribution is -2.10. The molecule has 1 aliphatic rings. The number of rotatable bonds is 3. The van der Waals surface area contributed by atoms with Gasteiger partial charge in [0.15, 0.2) is 0 Å². The van der Waals surface area contributed by atoms with Crippen LogP contribution in [-0.2, 0) is 18.3 Å². The highest BCUT2D eigenvalue weighted by molar-refractivity contribution is 7.97. The van der Waals surface area contributed by atoms with Gasteiger partial charge in [-0.25, -0.2) is 4.68 Å². The molecule has 0 spiro atoms. The summed E-state index contributed by atoms with van der Waals surface area (Å²) in [6, 6.07) is 3.33. The van der Waals surface area contributed by atoms with Gasteiger partial charge in [-0.15, -0.1) is 0 Å². The topological polar surface area (TPSA) is 29.9 Å². The molecule has 1 aliphatic heterocycles. The van der Waals surface area contributed by atoms with Gasteiger partial charge in [-0.05, 0) is 43.7 Å². The van der Waals surface area contributed by atoms with Crippen molar-refractivity contribution in [3.63, 3.8) is 0 Å². The molecule has 0 saturated carbocycles. The molecule has 0 unspecified atom stereocenters. The molecule has 0 amide bonds. The first-order valence-corrected chi connectivity index (χ1v) is 9.39. The highest BCUT2D eigenvalue weighted by atomic mass is 35.5. The summed E-state index contributed by atoms with van der Waals surface area (Å²) in [6.45, 7) is 0.772. The van der Waals surface area contributed by atoms with E-state index >= 15 is 0 Å². The fourth-order valence-electron chi connectivity index (χ4n) is 2.85. The quantitative estimate of drug-likeness (QED) is 0.804. The summed E-state index contributed by atoms with van der Waals surface area (Å²) in [5.74, 6) is 1.48. The van der Waals surface area contributed by atoms with E-state index in [9.17, 15) is 13.2 Å². The number of hydrogen-bond donors (Lipinski definition) is 1. The molecule has 3 nitrogen and oxygen atoms in total. The fourth-order valence-corrected chi connectivity index (χ4v) is 3.55. The highest BCUT2D eigenvalue weighted by Crippen LogP contribution is 2.36. The van der Waals surface area contributed by atoms with E-state index in [1.807, 2.05) is 6.26 Å². The van der Waals surface area contributed by atoms with Gasteiger partial charge in [0.1, 0.15) is 5.82 Å². The predicted octanol–water partition coefficient (Wildman–Crippen LogP) is 5.16. The Hall–Kier alpha value is -1.34. The Morgan fingerprint density at radius 1 is 1.33 bits per heavy atom. The van der Waals surface area contributed by atoms with Gasteiger partial charge < -0.3 is 5.32 Å². The smallest absolute Gasteiger partial charge is 0.370 e. The third kappa shape index (κ3) is 3.37. The van der Waals surface area contributed by atoms with Crippen molar-refractivity contribution in [2.45, 2.75) is 31.2 Å². The number of anilines is 1. The second-order valence-electron chi connectivity index (χ2n) is 5.67. The van der Waals surface area contributed by atoms with Gasteiger partial charge in [-0.2, -0.15) is 30.0 Å². The zero-order valence-corrected chi connectivity index (χ0v) is 14.7. The van der Waals surface area contributed by atoms with Crippen LogP contribution >= 0.6 is 23.4 Å². The summed E-state index contributed by atoms with van der Waals surface area (Å²) in [5, 5.41) is 8.11. The molecule has 0 aliphatic carbocycles. The lowest BCUT2D eigenvalue weighted by molar-refractivity contribution is -0.137. The number of benzene rings is 1. The summed E-state index contributed by atoms with van der Waals surface area (Å²) in [7, 11) is 0. The van der Waals surface area contributed by atoms with Crippen molar-refractivity contribution in [3.8, 4) is 5.69 Å². The van der Waals surface area contributed by atoms with Crippen LogP contribution in [0.2, 0.25) is 5.02 Å². The van der Waals surface area contributed by atoms with E-state index in [1.54, 1.807) is 11.8 Å². The highest BCUT2D eigenvalue weighted by Gasteiger charge is 2.32. The molecule has 24 heavy (non-hydrogen) atoms. The molecule has 0 radical (unpaired) electrons. The number of thioether (sulfide) groups is 1. The Kier molecular flexibility index (Phi) is 5.01. The van der Waals surface area contributed by atoms with Crippen molar-refractivity contribution in [2.75, 3.05) is 18.1 Å². The first-order valence-electron chi connectivity index (χ1n) is 7.62. The van der Waals surface area contributed by atoms with E-state index in [4.69, 9.17) is 11.6 Å². The Labute approximate surface area is 147 Å². The minimum absolute atomic E-state index is 0.245. The molecule has 2 heterocycles. The normalized spacial score (nSPS) is 14.9. The van der Waals surface area contributed by atoms with Crippen LogP contribution in [0, 0.1) is 0 Å². The molecule has 8 heteroatoms.